The Morgan fingerprint density at radius 1 is 1.08 bits per heavy atom. The smallest absolute Gasteiger partial charge is 0.380 e. The molecule has 0 aliphatic heterocycles. The maximum absolute atomic E-state index is 12.7. The van der Waals surface area contributed by atoms with Gasteiger partial charge >= 0.3 is 6.18 Å². The number of alkyl halides is 3. The van der Waals surface area contributed by atoms with Crippen molar-refractivity contribution in [3.63, 3.8) is 0 Å². The maximum Gasteiger partial charge on any atom is 0.433 e. The van der Waals surface area contributed by atoms with E-state index in [0.29, 0.717) is 5.69 Å². The van der Waals surface area contributed by atoms with E-state index in [9.17, 15) is 18.0 Å². The summed E-state index contributed by atoms with van der Waals surface area (Å²) in [7, 11) is 0. The van der Waals surface area contributed by atoms with E-state index in [2.05, 4.69) is 15.4 Å². The quantitative estimate of drug-likeness (QED) is 0.762. The molecule has 2 heterocycles. The Labute approximate surface area is 140 Å². The molecule has 0 radical (unpaired) electrons. The zero-order chi connectivity index (χ0) is 18.0. The number of amides is 1. The van der Waals surface area contributed by atoms with Crippen LogP contribution in [-0.2, 0) is 6.18 Å². The highest BCUT2D eigenvalue weighted by Gasteiger charge is 2.33. The second-order valence-corrected chi connectivity index (χ2v) is 5.07. The molecule has 128 valence electrons. The lowest BCUT2D eigenvalue weighted by molar-refractivity contribution is -0.141. The number of halogens is 3. The monoisotopic (exact) mass is 347 g/mol. The van der Waals surface area contributed by atoms with Crippen molar-refractivity contribution in [3.05, 3.63) is 66.1 Å². The topological polar surface area (TPSA) is 85.8 Å². The van der Waals surface area contributed by atoms with E-state index in [-0.39, 0.29) is 17.2 Å². The third kappa shape index (κ3) is 3.60. The van der Waals surface area contributed by atoms with Gasteiger partial charge in [-0.15, -0.1) is 5.10 Å². The summed E-state index contributed by atoms with van der Waals surface area (Å²) in [5, 5.41) is 6.48. The van der Waals surface area contributed by atoms with Crippen molar-refractivity contribution in [1.29, 1.82) is 0 Å². The van der Waals surface area contributed by atoms with Crippen LogP contribution in [0.4, 0.5) is 24.7 Å². The van der Waals surface area contributed by atoms with Crippen LogP contribution < -0.4 is 11.1 Å². The predicted octanol–water partition coefficient (Wildman–Crippen LogP) is 3.12. The van der Waals surface area contributed by atoms with E-state index >= 15 is 0 Å². The summed E-state index contributed by atoms with van der Waals surface area (Å²) >= 11 is 0. The summed E-state index contributed by atoms with van der Waals surface area (Å²) < 4.78 is 39.5. The van der Waals surface area contributed by atoms with E-state index in [1.807, 2.05) is 6.07 Å². The number of anilines is 2. The number of pyridine rings is 1. The summed E-state index contributed by atoms with van der Waals surface area (Å²) in [6.45, 7) is 0. The Balaban J connectivity index is 1.84. The van der Waals surface area contributed by atoms with Gasteiger partial charge in [0.05, 0.1) is 11.9 Å². The fraction of sp³-hybridized carbons (Fsp3) is 0.0625. The molecule has 3 aromatic rings. The number of aromatic nitrogens is 3. The lowest BCUT2D eigenvalue weighted by Gasteiger charge is -2.07. The van der Waals surface area contributed by atoms with Crippen molar-refractivity contribution in [2.45, 2.75) is 6.18 Å². The zero-order valence-electron chi connectivity index (χ0n) is 12.7. The summed E-state index contributed by atoms with van der Waals surface area (Å²) in [4.78, 5) is 15.5. The molecule has 0 aliphatic rings. The zero-order valence-corrected chi connectivity index (χ0v) is 12.7. The number of carbonyl (C=O) groups excluding carboxylic acids is 1. The SMILES string of the molecule is Nc1nn(-c2ccccc2)cc1NC(=O)c1cccc(C(F)(F)F)n1. The summed E-state index contributed by atoms with van der Waals surface area (Å²) in [5.74, 6) is -0.783. The van der Waals surface area contributed by atoms with Crippen LogP contribution in [0, 0.1) is 0 Å². The van der Waals surface area contributed by atoms with E-state index in [0.717, 1.165) is 12.1 Å². The van der Waals surface area contributed by atoms with Gasteiger partial charge in [-0.1, -0.05) is 24.3 Å². The molecule has 3 rings (SSSR count). The summed E-state index contributed by atoms with van der Waals surface area (Å²) in [5.41, 5.74) is 5.13. The van der Waals surface area contributed by atoms with Crippen LogP contribution in [0.25, 0.3) is 5.69 Å². The number of nitrogen functional groups attached to an aromatic ring is 1. The largest absolute Gasteiger partial charge is 0.433 e. The number of hydrogen-bond donors (Lipinski definition) is 2. The van der Waals surface area contributed by atoms with Gasteiger partial charge in [-0.25, -0.2) is 9.67 Å². The molecular weight excluding hydrogens is 335 g/mol. The first-order valence-corrected chi connectivity index (χ1v) is 7.11. The molecule has 2 aromatic heterocycles. The molecule has 1 amide bonds. The van der Waals surface area contributed by atoms with Crippen LogP contribution in [0.1, 0.15) is 16.2 Å². The van der Waals surface area contributed by atoms with Crippen molar-refractivity contribution in [1.82, 2.24) is 14.8 Å². The van der Waals surface area contributed by atoms with Crippen molar-refractivity contribution in [3.8, 4) is 5.69 Å². The number of benzene rings is 1. The number of hydrogen-bond acceptors (Lipinski definition) is 4. The minimum absolute atomic E-state index is 0.0316. The van der Waals surface area contributed by atoms with E-state index in [1.54, 1.807) is 24.3 Å². The second-order valence-electron chi connectivity index (χ2n) is 5.07. The van der Waals surface area contributed by atoms with E-state index in [4.69, 9.17) is 5.73 Å². The fourth-order valence-corrected chi connectivity index (χ4v) is 2.10. The normalized spacial score (nSPS) is 11.3. The number of nitrogens with zero attached hydrogens (tertiary/aromatic N) is 3. The van der Waals surface area contributed by atoms with Crippen molar-refractivity contribution in [2.24, 2.45) is 0 Å². The Kier molecular flexibility index (Phi) is 4.14. The molecular formula is C16H12F3N5O. The fourth-order valence-electron chi connectivity index (χ4n) is 2.10. The standard InChI is InChI=1S/C16H12F3N5O/c17-16(18,19)13-8-4-7-11(21-13)15(25)22-12-9-24(23-14(12)20)10-5-2-1-3-6-10/h1-9H,(H2,20,23)(H,22,25). The molecule has 25 heavy (non-hydrogen) atoms. The minimum atomic E-state index is -4.63. The van der Waals surface area contributed by atoms with Gasteiger partial charge < -0.3 is 11.1 Å². The second kappa shape index (κ2) is 6.27. The summed E-state index contributed by atoms with van der Waals surface area (Å²) in [6, 6.07) is 12.1. The van der Waals surface area contributed by atoms with Crippen LogP contribution in [-0.4, -0.2) is 20.7 Å². The Hall–Kier alpha value is -3.36. The van der Waals surface area contributed by atoms with Gasteiger partial charge in [0.25, 0.3) is 5.91 Å². The number of nitrogens with one attached hydrogen (secondary N) is 1. The van der Waals surface area contributed by atoms with Gasteiger partial charge in [0.15, 0.2) is 5.82 Å². The molecule has 9 heteroatoms. The van der Waals surface area contributed by atoms with Gasteiger partial charge in [-0.3, -0.25) is 4.79 Å². The molecule has 0 aliphatic carbocycles. The number of rotatable bonds is 3. The Morgan fingerprint density at radius 2 is 1.80 bits per heavy atom. The first-order chi connectivity index (χ1) is 11.8. The molecule has 3 N–H and O–H groups in total. The lowest BCUT2D eigenvalue weighted by atomic mass is 10.3. The van der Waals surface area contributed by atoms with Crippen molar-refractivity contribution >= 4 is 17.4 Å². The third-order valence-electron chi connectivity index (χ3n) is 3.28. The molecule has 0 saturated heterocycles. The molecule has 0 atom stereocenters. The van der Waals surface area contributed by atoms with Crippen molar-refractivity contribution < 1.29 is 18.0 Å². The highest BCUT2D eigenvalue weighted by molar-refractivity contribution is 6.04. The van der Waals surface area contributed by atoms with Crippen LogP contribution in [0.2, 0.25) is 0 Å². The average Bonchev–Trinajstić information content (AvgIpc) is 2.96. The lowest BCUT2D eigenvalue weighted by Crippen LogP contribution is -2.17. The predicted molar refractivity (Wildman–Crippen MR) is 85.2 cm³/mol. The first-order valence-electron chi connectivity index (χ1n) is 7.11. The average molecular weight is 347 g/mol. The van der Waals surface area contributed by atoms with E-state index < -0.39 is 17.8 Å². The minimum Gasteiger partial charge on any atom is -0.380 e. The van der Waals surface area contributed by atoms with Crippen molar-refractivity contribution in [2.75, 3.05) is 11.1 Å². The van der Waals surface area contributed by atoms with Gasteiger partial charge in [-0.05, 0) is 24.3 Å². The first kappa shape index (κ1) is 16.5. The molecule has 1 aromatic carbocycles. The number of nitrogens with two attached hydrogens (primary N) is 1. The molecule has 6 nitrogen and oxygen atoms in total. The van der Waals surface area contributed by atoms with Crippen LogP contribution in [0.5, 0.6) is 0 Å². The van der Waals surface area contributed by atoms with Gasteiger partial charge in [-0.2, -0.15) is 13.2 Å². The molecule has 0 spiro atoms. The van der Waals surface area contributed by atoms with Gasteiger partial charge in [0, 0.05) is 0 Å². The molecule has 0 bridgehead atoms. The highest BCUT2D eigenvalue weighted by atomic mass is 19.4. The molecule has 0 unspecified atom stereocenters. The van der Waals surface area contributed by atoms with E-state index in [1.165, 1.54) is 16.9 Å². The maximum atomic E-state index is 12.7. The van der Waals surface area contributed by atoms with Crippen LogP contribution in [0.15, 0.2) is 54.7 Å². The highest BCUT2D eigenvalue weighted by Crippen LogP contribution is 2.27. The number of carbonyl (C=O) groups is 1. The Bertz CT molecular complexity index is 906. The summed E-state index contributed by atoms with van der Waals surface area (Å²) in [6.07, 6.45) is -3.16. The molecule has 0 fully saturated rings. The number of para-hydroxylation sites is 1. The Morgan fingerprint density at radius 3 is 2.48 bits per heavy atom. The third-order valence-corrected chi connectivity index (χ3v) is 3.28. The van der Waals surface area contributed by atoms with Crippen LogP contribution in [0.3, 0.4) is 0 Å². The van der Waals surface area contributed by atoms with Gasteiger partial charge in [0.2, 0.25) is 0 Å². The molecule has 0 saturated carbocycles. The van der Waals surface area contributed by atoms with Crippen LogP contribution >= 0.6 is 0 Å². The van der Waals surface area contributed by atoms with Gasteiger partial charge in [0.1, 0.15) is 17.1 Å².